The van der Waals surface area contributed by atoms with Gasteiger partial charge in [0, 0.05) is 5.38 Å². The Morgan fingerprint density at radius 2 is 2.33 bits per heavy atom. The van der Waals surface area contributed by atoms with Gasteiger partial charge in [-0.15, -0.1) is 11.3 Å². The first-order chi connectivity index (χ1) is 8.63. The van der Waals surface area contributed by atoms with E-state index in [1.54, 1.807) is 5.38 Å². The third kappa shape index (κ3) is 2.03. The normalized spacial score (nSPS) is 30.9. The van der Waals surface area contributed by atoms with Crippen molar-refractivity contribution >= 4 is 28.0 Å². The Kier molecular flexibility index (Phi) is 2.86. The van der Waals surface area contributed by atoms with E-state index in [-0.39, 0.29) is 0 Å². The number of nitrogens with two attached hydrogens (primary N) is 1. The molecule has 3 atom stereocenters. The van der Waals surface area contributed by atoms with Gasteiger partial charge in [0.05, 0.1) is 11.3 Å². The fraction of sp³-hybridized carbons (Fsp3) is 0.538. The fourth-order valence-electron chi connectivity index (χ4n) is 3.39. The van der Waals surface area contributed by atoms with Gasteiger partial charge in [-0.3, -0.25) is 0 Å². The molecule has 96 valence electrons. The van der Waals surface area contributed by atoms with Gasteiger partial charge in [-0.2, -0.15) is 0 Å². The molecule has 5 heteroatoms. The third-order valence-corrected chi connectivity index (χ3v) is 4.88. The van der Waals surface area contributed by atoms with E-state index in [2.05, 4.69) is 4.98 Å². The molecule has 2 aliphatic rings. The highest BCUT2D eigenvalue weighted by molar-refractivity contribution is 7.13. The van der Waals surface area contributed by atoms with Gasteiger partial charge >= 0.3 is 5.97 Å². The predicted molar refractivity (Wildman–Crippen MR) is 71.1 cm³/mol. The number of nitrogen functional groups attached to an aromatic ring is 1. The first-order valence-electron chi connectivity index (χ1n) is 6.30. The molecule has 4 nitrogen and oxygen atoms in total. The molecule has 1 aromatic heterocycles. The molecule has 0 aromatic carbocycles. The number of rotatable bonds is 3. The van der Waals surface area contributed by atoms with Gasteiger partial charge in [-0.05, 0) is 37.0 Å². The summed E-state index contributed by atoms with van der Waals surface area (Å²) in [6, 6.07) is 0. The second-order valence-corrected chi connectivity index (χ2v) is 6.18. The number of fused-ring (bicyclic) bond motifs is 2. The second-order valence-electron chi connectivity index (χ2n) is 5.30. The monoisotopic (exact) mass is 264 g/mol. The minimum Gasteiger partial charge on any atom is -0.478 e. The van der Waals surface area contributed by atoms with Crippen LogP contribution in [0.2, 0.25) is 0 Å². The van der Waals surface area contributed by atoms with Gasteiger partial charge in [0.1, 0.15) is 0 Å². The summed E-state index contributed by atoms with van der Waals surface area (Å²) < 4.78 is 0. The van der Waals surface area contributed by atoms with E-state index in [9.17, 15) is 9.90 Å². The number of aliphatic carboxylic acids is 1. The maximum atomic E-state index is 11.4. The SMILES string of the molecule is Nc1nc(C(=CC2CC3CCC2C3)C(=O)O)cs1. The molecule has 0 amide bonds. The zero-order valence-electron chi connectivity index (χ0n) is 10.0. The molecule has 2 aliphatic carbocycles. The third-order valence-electron chi connectivity index (χ3n) is 4.20. The molecule has 1 aromatic rings. The summed E-state index contributed by atoms with van der Waals surface area (Å²) in [5.41, 5.74) is 6.40. The Labute approximate surface area is 110 Å². The van der Waals surface area contributed by atoms with Crippen molar-refractivity contribution in [1.82, 2.24) is 4.98 Å². The number of nitrogens with zero attached hydrogens (tertiary/aromatic N) is 1. The van der Waals surface area contributed by atoms with E-state index in [1.165, 1.54) is 30.6 Å². The summed E-state index contributed by atoms with van der Waals surface area (Å²) in [5.74, 6) is 1.01. The number of allylic oxidation sites excluding steroid dienone is 1. The maximum absolute atomic E-state index is 11.4. The number of hydrogen-bond acceptors (Lipinski definition) is 4. The Balaban J connectivity index is 1.88. The topological polar surface area (TPSA) is 76.2 Å². The van der Waals surface area contributed by atoms with Crippen molar-refractivity contribution < 1.29 is 9.90 Å². The van der Waals surface area contributed by atoms with Crippen LogP contribution in [-0.2, 0) is 4.79 Å². The molecule has 2 bridgehead atoms. The molecule has 0 aliphatic heterocycles. The van der Waals surface area contributed by atoms with Crippen LogP contribution in [0.25, 0.3) is 5.57 Å². The molecule has 0 spiro atoms. The van der Waals surface area contributed by atoms with Gasteiger partial charge in [0.15, 0.2) is 5.13 Å². The highest BCUT2D eigenvalue weighted by Gasteiger charge is 2.38. The van der Waals surface area contributed by atoms with E-state index in [0.29, 0.717) is 28.2 Å². The van der Waals surface area contributed by atoms with Crippen molar-refractivity contribution in [1.29, 1.82) is 0 Å². The van der Waals surface area contributed by atoms with E-state index < -0.39 is 5.97 Å². The smallest absolute Gasteiger partial charge is 0.337 e. The van der Waals surface area contributed by atoms with Crippen molar-refractivity contribution in [3.8, 4) is 0 Å². The molecule has 1 heterocycles. The molecule has 2 fully saturated rings. The highest BCUT2D eigenvalue weighted by Crippen LogP contribution is 2.49. The molecular formula is C13H16N2O2S. The van der Waals surface area contributed by atoms with Crippen LogP contribution in [0, 0.1) is 17.8 Å². The van der Waals surface area contributed by atoms with E-state index in [4.69, 9.17) is 5.73 Å². The van der Waals surface area contributed by atoms with Gasteiger partial charge in [-0.25, -0.2) is 9.78 Å². The van der Waals surface area contributed by atoms with Gasteiger partial charge in [0.2, 0.25) is 0 Å². The largest absolute Gasteiger partial charge is 0.478 e. The van der Waals surface area contributed by atoms with Crippen molar-refractivity contribution in [3.63, 3.8) is 0 Å². The van der Waals surface area contributed by atoms with E-state index in [0.717, 1.165) is 12.3 Å². The minimum absolute atomic E-state index is 0.320. The molecule has 3 N–H and O–H groups in total. The summed E-state index contributed by atoms with van der Waals surface area (Å²) in [6.45, 7) is 0. The Hall–Kier alpha value is -1.36. The van der Waals surface area contributed by atoms with Crippen LogP contribution in [0.15, 0.2) is 11.5 Å². The lowest BCUT2D eigenvalue weighted by molar-refractivity contribution is -0.130. The molecular weight excluding hydrogens is 248 g/mol. The van der Waals surface area contributed by atoms with Gasteiger partial charge < -0.3 is 10.8 Å². The van der Waals surface area contributed by atoms with Crippen LogP contribution >= 0.6 is 11.3 Å². The lowest BCUT2D eigenvalue weighted by Gasteiger charge is -2.18. The molecule has 18 heavy (non-hydrogen) atoms. The molecule has 2 saturated carbocycles. The van der Waals surface area contributed by atoms with Crippen LogP contribution in [0.1, 0.15) is 31.4 Å². The lowest BCUT2D eigenvalue weighted by atomic mass is 9.87. The number of anilines is 1. The van der Waals surface area contributed by atoms with Crippen LogP contribution in [0.3, 0.4) is 0 Å². The second kappa shape index (κ2) is 4.39. The Bertz CT molecular complexity index is 509. The fourth-order valence-corrected chi connectivity index (χ4v) is 3.95. The first kappa shape index (κ1) is 11.7. The predicted octanol–water partition coefficient (Wildman–Crippen LogP) is 2.63. The number of hydrogen-bond donors (Lipinski definition) is 2. The average Bonchev–Trinajstić information content (AvgIpc) is 3.01. The first-order valence-corrected chi connectivity index (χ1v) is 7.18. The molecule has 0 radical (unpaired) electrons. The van der Waals surface area contributed by atoms with Gasteiger partial charge in [-0.1, -0.05) is 12.5 Å². The number of carbonyl (C=O) groups is 1. The Morgan fingerprint density at radius 3 is 2.83 bits per heavy atom. The van der Waals surface area contributed by atoms with E-state index in [1.807, 2.05) is 6.08 Å². The van der Waals surface area contributed by atoms with Gasteiger partial charge in [0.25, 0.3) is 0 Å². The number of thiazole rings is 1. The quantitative estimate of drug-likeness (QED) is 0.823. The Morgan fingerprint density at radius 1 is 1.50 bits per heavy atom. The van der Waals surface area contributed by atoms with E-state index >= 15 is 0 Å². The lowest BCUT2D eigenvalue weighted by Crippen LogP contribution is -2.10. The summed E-state index contributed by atoms with van der Waals surface area (Å²) in [6.07, 6.45) is 6.90. The molecule has 3 rings (SSSR count). The summed E-state index contributed by atoms with van der Waals surface area (Å²) in [4.78, 5) is 15.4. The number of carboxylic acids is 1. The number of aromatic nitrogens is 1. The number of carboxylic acid groups (broad SMARTS) is 1. The summed E-state index contributed by atoms with van der Waals surface area (Å²) in [5, 5.41) is 11.5. The van der Waals surface area contributed by atoms with Crippen LogP contribution in [0.4, 0.5) is 5.13 Å². The molecule has 0 saturated heterocycles. The zero-order valence-corrected chi connectivity index (χ0v) is 10.8. The van der Waals surface area contributed by atoms with Crippen molar-refractivity contribution in [2.45, 2.75) is 25.7 Å². The standard InChI is InChI=1S/C13H16N2O2S/c14-13-15-11(6-18-13)10(12(16)17)5-9-4-7-1-2-8(9)3-7/h5-9H,1-4H2,(H2,14,15)(H,16,17). The summed E-state index contributed by atoms with van der Waals surface area (Å²) >= 11 is 1.29. The maximum Gasteiger partial charge on any atom is 0.337 e. The van der Waals surface area contributed by atoms with Crippen molar-refractivity contribution in [3.05, 3.63) is 17.2 Å². The van der Waals surface area contributed by atoms with Crippen molar-refractivity contribution in [2.75, 3.05) is 5.73 Å². The zero-order chi connectivity index (χ0) is 12.7. The summed E-state index contributed by atoms with van der Waals surface area (Å²) in [7, 11) is 0. The molecule has 3 unspecified atom stereocenters. The minimum atomic E-state index is -0.900. The van der Waals surface area contributed by atoms with Crippen molar-refractivity contribution in [2.24, 2.45) is 17.8 Å². The van der Waals surface area contributed by atoms with Crippen LogP contribution < -0.4 is 5.73 Å². The average molecular weight is 264 g/mol. The highest BCUT2D eigenvalue weighted by atomic mass is 32.1. The van der Waals surface area contributed by atoms with Crippen LogP contribution in [-0.4, -0.2) is 16.1 Å². The van der Waals surface area contributed by atoms with Crippen LogP contribution in [0.5, 0.6) is 0 Å².